The molecule has 0 bridgehead atoms. The number of hydrogen-bond acceptors (Lipinski definition) is 0. The second-order valence-corrected chi connectivity index (χ2v) is 6.68. The van der Waals surface area contributed by atoms with Gasteiger partial charge in [-0.2, -0.15) is 0 Å². The van der Waals surface area contributed by atoms with Crippen molar-refractivity contribution in [3.63, 3.8) is 0 Å². The van der Waals surface area contributed by atoms with Crippen LogP contribution in [0.1, 0.15) is 109 Å². The summed E-state index contributed by atoms with van der Waals surface area (Å²) in [6.07, 6.45) is 24.8. The molecule has 0 nitrogen and oxygen atoms in total. The van der Waals surface area contributed by atoms with E-state index < -0.39 is 0 Å². The lowest BCUT2D eigenvalue weighted by Crippen LogP contribution is -2.01. The molecule has 0 amide bonds. The summed E-state index contributed by atoms with van der Waals surface area (Å²) in [5.41, 5.74) is 0. The van der Waals surface area contributed by atoms with Gasteiger partial charge >= 0.3 is 0 Å². The minimum Gasteiger partial charge on any atom is -0.0533 e. The Morgan fingerprint density at radius 2 is 0.947 bits per heavy atom. The SMILES string of the molecule is [CH2]CCCC1CCCCCCCCCCCCCC1. The molecule has 0 N–H and O–H groups in total. The second-order valence-electron chi connectivity index (χ2n) is 6.68. The molecule has 1 rings (SSSR count). The highest BCUT2D eigenvalue weighted by Crippen LogP contribution is 2.24. The van der Waals surface area contributed by atoms with Crippen LogP contribution in [0.2, 0.25) is 0 Å². The molecule has 0 heterocycles. The lowest BCUT2D eigenvalue weighted by atomic mass is 9.90. The normalized spacial score (nSPS) is 22.6. The maximum absolute atomic E-state index is 4.01. The molecular formula is C19H37. The quantitative estimate of drug-likeness (QED) is 0.511. The van der Waals surface area contributed by atoms with Gasteiger partial charge in [0.25, 0.3) is 0 Å². The molecule has 1 fully saturated rings. The van der Waals surface area contributed by atoms with Crippen molar-refractivity contribution in [1.29, 1.82) is 0 Å². The van der Waals surface area contributed by atoms with Gasteiger partial charge in [0.2, 0.25) is 0 Å². The Bertz CT molecular complexity index is 157. The summed E-state index contributed by atoms with van der Waals surface area (Å²) in [5.74, 6) is 1.02. The van der Waals surface area contributed by atoms with Crippen LogP contribution in [0, 0.1) is 12.8 Å². The molecule has 0 saturated heterocycles. The van der Waals surface area contributed by atoms with E-state index in [1.807, 2.05) is 0 Å². The number of rotatable bonds is 3. The van der Waals surface area contributed by atoms with Gasteiger partial charge in [-0.3, -0.25) is 0 Å². The van der Waals surface area contributed by atoms with E-state index in [-0.39, 0.29) is 0 Å². The fourth-order valence-electron chi connectivity index (χ4n) is 3.50. The maximum atomic E-state index is 4.01. The Morgan fingerprint density at radius 1 is 0.579 bits per heavy atom. The van der Waals surface area contributed by atoms with E-state index in [2.05, 4.69) is 6.92 Å². The van der Waals surface area contributed by atoms with Crippen LogP contribution in [-0.2, 0) is 0 Å². The fraction of sp³-hybridized carbons (Fsp3) is 0.947. The summed E-state index contributed by atoms with van der Waals surface area (Å²) in [6.45, 7) is 4.01. The molecule has 0 aliphatic heterocycles. The van der Waals surface area contributed by atoms with Crippen molar-refractivity contribution in [3.05, 3.63) is 6.92 Å². The molecule has 113 valence electrons. The predicted molar refractivity (Wildman–Crippen MR) is 87.3 cm³/mol. The Balaban J connectivity index is 2.21. The highest BCUT2D eigenvalue weighted by Gasteiger charge is 2.08. The predicted octanol–water partition coefficient (Wildman–Crippen LogP) is 7.08. The minimum absolute atomic E-state index is 1.02. The molecule has 1 radical (unpaired) electrons. The van der Waals surface area contributed by atoms with Crippen molar-refractivity contribution in [2.24, 2.45) is 5.92 Å². The molecule has 0 aromatic rings. The van der Waals surface area contributed by atoms with E-state index >= 15 is 0 Å². The Labute approximate surface area is 122 Å². The zero-order valence-electron chi connectivity index (χ0n) is 13.3. The fourth-order valence-corrected chi connectivity index (χ4v) is 3.50. The summed E-state index contributed by atoms with van der Waals surface area (Å²) < 4.78 is 0. The van der Waals surface area contributed by atoms with Crippen LogP contribution < -0.4 is 0 Å². The number of hydrogen-bond donors (Lipinski definition) is 0. The molecule has 0 atom stereocenters. The van der Waals surface area contributed by atoms with Gasteiger partial charge in [0.15, 0.2) is 0 Å². The summed E-state index contributed by atoms with van der Waals surface area (Å²) in [6, 6.07) is 0. The van der Waals surface area contributed by atoms with Crippen molar-refractivity contribution >= 4 is 0 Å². The van der Waals surface area contributed by atoms with Crippen LogP contribution in [0.3, 0.4) is 0 Å². The van der Waals surface area contributed by atoms with Crippen LogP contribution in [-0.4, -0.2) is 0 Å². The molecule has 0 heteroatoms. The van der Waals surface area contributed by atoms with Gasteiger partial charge in [-0.15, -0.1) is 0 Å². The summed E-state index contributed by atoms with van der Waals surface area (Å²) in [5, 5.41) is 0. The molecule has 1 saturated carbocycles. The lowest BCUT2D eigenvalue weighted by Gasteiger charge is -2.16. The third kappa shape index (κ3) is 10.4. The Morgan fingerprint density at radius 3 is 1.32 bits per heavy atom. The van der Waals surface area contributed by atoms with E-state index in [1.54, 1.807) is 0 Å². The first-order valence-corrected chi connectivity index (χ1v) is 9.22. The molecular weight excluding hydrogens is 228 g/mol. The van der Waals surface area contributed by atoms with E-state index in [1.165, 1.54) is 103 Å². The summed E-state index contributed by atoms with van der Waals surface area (Å²) >= 11 is 0. The molecule has 0 spiro atoms. The third-order valence-electron chi connectivity index (χ3n) is 4.84. The van der Waals surface area contributed by atoms with E-state index in [4.69, 9.17) is 0 Å². The monoisotopic (exact) mass is 265 g/mol. The topological polar surface area (TPSA) is 0 Å². The van der Waals surface area contributed by atoms with Crippen molar-refractivity contribution in [2.45, 2.75) is 109 Å². The van der Waals surface area contributed by atoms with Crippen molar-refractivity contribution < 1.29 is 0 Å². The smallest absolute Gasteiger partial charge is 0.0414 e. The van der Waals surface area contributed by atoms with E-state index in [0.29, 0.717) is 0 Å². The Hall–Kier alpha value is 0. The van der Waals surface area contributed by atoms with Gasteiger partial charge in [-0.05, 0) is 5.92 Å². The third-order valence-corrected chi connectivity index (χ3v) is 4.84. The molecule has 0 aromatic carbocycles. The van der Waals surface area contributed by atoms with Crippen molar-refractivity contribution in [2.75, 3.05) is 0 Å². The van der Waals surface area contributed by atoms with Gasteiger partial charge in [0.1, 0.15) is 0 Å². The standard InChI is InChI=1S/C19H37/c1-2-3-16-19-17-14-12-10-8-6-4-5-7-9-11-13-15-18-19/h19H,1-18H2. The van der Waals surface area contributed by atoms with Gasteiger partial charge in [0.05, 0.1) is 0 Å². The van der Waals surface area contributed by atoms with Crippen LogP contribution in [0.5, 0.6) is 0 Å². The summed E-state index contributed by atoms with van der Waals surface area (Å²) in [7, 11) is 0. The molecule has 1 aliphatic rings. The first kappa shape index (κ1) is 17.1. The molecule has 19 heavy (non-hydrogen) atoms. The van der Waals surface area contributed by atoms with Gasteiger partial charge in [-0.1, -0.05) is 116 Å². The van der Waals surface area contributed by atoms with Crippen LogP contribution in [0.4, 0.5) is 0 Å². The lowest BCUT2D eigenvalue weighted by molar-refractivity contribution is 0.374. The average molecular weight is 266 g/mol. The van der Waals surface area contributed by atoms with Crippen LogP contribution in [0.25, 0.3) is 0 Å². The van der Waals surface area contributed by atoms with Crippen LogP contribution >= 0.6 is 0 Å². The minimum atomic E-state index is 1.02. The average Bonchev–Trinajstić information content (AvgIpc) is 2.44. The van der Waals surface area contributed by atoms with Crippen molar-refractivity contribution in [3.8, 4) is 0 Å². The first-order valence-electron chi connectivity index (χ1n) is 9.22. The largest absolute Gasteiger partial charge is 0.0533 e. The number of unbranched alkanes of at least 4 members (excludes halogenated alkanes) is 1. The van der Waals surface area contributed by atoms with Gasteiger partial charge < -0.3 is 0 Å². The molecule has 0 unspecified atom stereocenters. The van der Waals surface area contributed by atoms with Gasteiger partial charge in [-0.25, -0.2) is 0 Å². The second kappa shape index (κ2) is 13.0. The summed E-state index contributed by atoms with van der Waals surface area (Å²) in [4.78, 5) is 0. The highest BCUT2D eigenvalue weighted by molar-refractivity contribution is 4.62. The molecule has 0 aromatic heterocycles. The van der Waals surface area contributed by atoms with Crippen LogP contribution in [0.15, 0.2) is 0 Å². The van der Waals surface area contributed by atoms with Crippen molar-refractivity contribution in [1.82, 2.24) is 0 Å². The van der Waals surface area contributed by atoms with E-state index in [0.717, 1.165) is 12.3 Å². The highest BCUT2D eigenvalue weighted by atomic mass is 14.1. The molecule has 1 aliphatic carbocycles. The maximum Gasteiger partial charge on any atom is -0.0414 e. The van der Waals surface area contributed by atoms with Gasteiger partial charge in [0, 0.05) is 0 Å². The zero-order valence-corrected chi connectivity index (χ0v) is 13.3. The Kier molecular flexibility index (Phi) is 11.7. The van der Waals surface area contributed by atoms with E-state index in [9.17, 15) is 0 Å². The zero-order chi connectivity index (χ0) is 13.6. The first-order chi connectivity index (χ1) is 9.43.